The molecule has 0 radical (unpaired) electrons. The van der Waals surface area contributed by atoms with Crippen molar-refractivity contribution < 1.29 is 0 Å². The first-order valence-electron chi connectivity index (χ1n) is 4.89. The molecule has 2 heterocycles. The maximum Gasteiger partial charge on any atom is 0.253 e. The normalized spacial score (nSPS) is 22.2. The van der Waals surface area contributed by atoms with Crippen LogP contribution in [-0.2, 0) is 0 Å². The van der Waals surface area contributed by atoms with Crippen LogP contribution in [0, 0.1) is 0 Å². The minimum atomic E-state index is -0.0723. The van der Waals surface area contributed by atoms with Crippen molar-refractivity contribution in [1.82, 2.24) is 10.3 Å². The average Bonchev–Trinajstić information content (AvgIpc) is 2.19. The van der Waals surface area contributed by atoms with Gasteiger partial charge < -0.3 is 10.3 Å². The van der Waals surface area contributed by atoms with Crippen LogP contribution in [0.2, 0.25) is 5.15 Å². The van der Waals surface area contributed by atoms with E-state index in [0.717, 1.165) is 18.5 Å². The zero-order valence-corrected chi connectivity index (χ0v) is 8.60. The van der Waals surface area contributed by atoms with E-state index in [2.05, 4.69) is 10.3 Å². The van der Waals surface area contributed by atoms with Gasteiger partial charge in [0.25, 0.3) is 5.56 Å². The third-order valence-electron chi connectivity index (χ3n) is 2.59. The third kappa shape index (κ3) is 1.99. The van der Waals surface area contributed by atoms with Crippen molar-refractivity contribution >= 4 is 11.6 Å². The average molecular weight is 213 g/mol. The summed E-state index contributed by atoms with van der Waals surface area (Å²) in [6, 6.07) is 3.74. The highest BCUT2D eigenvalue weighted by atomic mass is 35.5. The Morgan fingerprint density at radius 2 is 2.21 bits per heavy atom. The quantitative estimate of drug-likeness (QED) is 0.698. The summed E-state index contributed by atoms with van der Waals surface area (Å²) in [6.45, 7) is 0.993. The molecule has 4 heteroatoms. The van der Waals surface area contributed by atoms with Gasteiger partial charge in [-0.15, -0.1) is 0 Å². The van der Waals surface area contributed by atoms with Gasteiger partial charge in [0.15, 0.2) is 0 Å². The molecule has 0 aromatic carbocycles. The third-order valence-corrected chi connectivity index (χ3v) is 2.81. The first-order valence-corrected chi connectivity index (χ1v) is 5.27. The highest BCUT2D eigenvalue weighted by Crippen LogP contribution is 2.20. The van der Waals surface area contributed by atoms with Crippen LogP contribution in [0.5, 0.6) is 0 Å². The summed E-state index contributed by atoms with van der Waals surface area (Å²) < 4.78 is 0. The van der Waals surface area contributed by atoms with Gasteiger partial charge >= 0.3 is 0 Å². The van der Waals surface area contributed by atoms with Crippen LogP contribution < -0.4 is 10.9 Å². The second-order valence-electron chi connectivity index (χ2n) is 3.59. The molecule has 3 nitrogen and oxygen atoms in total. The first-order chi connectivity index (χ1) is 6.77. The maximum atomic E-state index is 11.6. The molecular formula is C10H13ClN2O. The molecule has 1 saturated heterocycles. The van der Waals surface area contributed by atoms with Crippen LogP contribution in [-0.4, -0.2) is 11.5 Å². The van der Waals surface area contributed by atoms with Crippen LogP contribution in [0.3, 0.4) is 0 Å². The number of aromatic amines is 1. The lowest BCUT2D eigenvalue weighted by atomic mass is 9.99. The van der Waals surface area contributed by atoms with Crippen molar-refractivity contribution in [3.8, 4) is 0 Å². The number of rotatable bonds is 1. The molecule has 2 N–H and O–H groups in total. The molecule has 1 aliphatic rings. The largest absolute Gasteiger partial charge is 0.313 e. The first kappa shape index (κ1) is 9.74. The molecule has 0 spiro atoms. The lowest BCUT2D eigenvalue weighted by Crippen LogP contribution is -2.31. The van der Waals surface area contributed by atoms with E-state index < -0.39 is 0 Å². The van der Waals surface area contributed by atoms with E-state index >= 15 is 0 Å². The number of hydrogen-bond acceptors (Lipinski definition) is 2. The Hall–Kier alpha value is -0.800. The van der Waals surface area contributed by atoms with Crippen molar-refractivity contribution in [2.24, 2.45) is 0 Å². The zero-order chi connectivity index (χ0) is 9.97. The Morgan fingerprint density at radius 3 is 2.86 bits per heavy atom. The topological polar surface area (TPSA) is 44.9 Å². The molecule has 2 rings (SSSR count). The van der Waals surface area contributed by atoms with Crippen LogP contribution >= 0.6 is 11.6 Å². The zero-order valence-electron chi connectivity index (χ0n) is 7.85. The van der Waals surface area contributed by atoms with Gasteiger partial charge in [-0.3, -0.25) is 4.79 Å². The van der Waals surface area contributed by atoms with Gasteiger partial charge in [-0.2, -0.15) is 0 Å². The Balaban J connectivity index is 2.26. The van der Waals surface area contributed by atoms with Crippen molar-refractivity contribution in [3.63, 3.8) is 0 Å². The maximum absolute atomic E-state index is 11.6. The summed E-state index contributed by atoms with van der Waals surface area (Å²) in [6.07, 6.45) is 3.41. The standard InChI is InChI=1S/C10H13ClN2O/c11-9-5-4-7(10(14)13-9)8-3-1-2-6-12-8/h4-5,8,12H,1-3,6H2,(H,13,14)/t8-/m1/s1. The number of halogens is 1. The van der Waals surface area contributed by atoms with Gasteiger partial charge in [-0.05, 0) is 31.5 Å². The summed E-state index contributed by atoms with van der Waals surface area (Å²) in [5, 5.41) is 3.73. The fourth-order valence-electron chi connectivity index (χ4n) is 1.85. The molecule has 1 aromatic rings. The van der Waals surface area contributed by atoms with E-state index in [-0.39, 0.29) is 11.6 Å². The van der Waals surface area contributed by atoms with E-state index in [4.69, 9.17) is 11.6 Å². The molecule has 1 fully saturated rings. The number of piperidine rings is 1. The van der Waals surface area contributed by atoms with Crippen LogP contribution in [0.1, 0.15) is 30.9 Å². The minimum absolute atomic E-state index is 0.0723. The van der Waals surface area contributed by atoms with Gasteiger partial charge in [-0.1, -0.05) is 18.0 Å². The molecule has 1 aromatic heterocycles. The van der Waals surface area contributed by atoms with Gasteiger partial charge in [0.2, 0.25) is 0 Å². The number of pyridine rings is 1. The summed E-state index contributed by atoms with van der Waals surface area (Å²) in [4.78, 5) is 14.2. The Labute approximate surface area is 87.5 Å². The highest BCUT2D eigenvalue weighted by molar-refractivity contribution is 6.29. The van der Waals surface area contributed by atoms with E-state index in [1.807, 2.05) is 6.07 Å². The van der Waals surface area contributed by atoms with Crippen molar-refractivity contribution in [2.45, 2.75) is 25.3 Å². The summed E-state index contributed by atoms with van der Waals surface area (Å²) >= 11 is 5.68. The lowest BCUT2D eigenvalue weighted by Gasteiger charge is -2.22. The SMILES string of the molecule is O=c1[nH]c(Cl)ccc1[C@H]1CCCCN1. The van der Waals surface area contributed by atoms with Gasteiger partial charge in [-0.25, -0.2) is 0 Å². The molecule has 14 heavy (non-hydrogen) atoms. The molecule has 1 atom stereocenters. The highest BCUT2D eigenvalue weighted by Gasteiger charge is 2.17. The van der Waals surface area contributed by atoms with Gasteiger partial charge in [0.05, 0.1) is 0 Å². The van der Waals surface area contributed by atoms with Crippen LogP contribution in [0.4, 0.5) is 0 Å². The van der Waals surface area contributed by atoms with Crippen LogP contribution in [0.25, 0.3) is 0 Å². The van der Waals surface area contributed by atoms with Crippen molar-refractivity contribution in [2.75, 3.05) is 6.54 Å². The number of nitrogens with one attached hydrogen (secondary N) is 2. The van der Waals surface area contributed by atoms with Crippen molar-refractivity contribution in [3.05, 3.63) is 33.2 Å². The summed E-state index contributed by atoms with van der Waals surface area (Å²) in [7, 11) is 0. The molecule has 0 unspecified atom stereocenters. The molecule has 0 saturated carbocycles. The molecule has 1 aliphatic heterocycles. The fourth-order valence-corrected chi connectivity index (χ4v) is 2.00. The summed E-state index contributed by atoms with van der Waals surface area (Å²) in [5.41, 5.74) is 0.728. The van der Waals surface area contributed by atoms with Gasteiger partial charge in [0.1, 0.15) is 5.15 Å². The molecular weight excluding hydrogens is 200 g/mol. The predicted molar refractivity (Wildman–Crippen MR) is 56.7 cm³/mol. The molecule has 0 amide bonds. The molecule has 76 valence electrons. The number of hydrogen-bond donors (Lipinski definition) is 2. The van der Waals surface area contributed by atoms with E-state index in [1.54, 1.807) is 6.07 Å². The smallest absolute Gasteiger partial charge is 0.253 e. The molecule has 0 bridgehead atoms. The van der Waals surface area contributed by atoms with E-state index in [0.29, 0.717) is 5.15 Å². The van der Waals surface area contributed by atoms with Crippen LogP contribution in [0.15, 0.2) is 16.9 Å². The lowest BCUT2D eigenvalue weighted by molar-refractivity contribution is 0.410. The number of aromatic nitrogens is 1. The Morgan fingerprint density at radius 1 is 1.36 bits per heavy atom. The Bertz CT molecular complexity index is 369. The predicted octanol–water partition coefficient (Wildman–Crippen LogP) is 1.84. The Kier molecular flexibility index (Phi) is 2.89. The van der Waals surface area contributed by atoms with E-state index in [9.17, 15) is 4.79 Å². The second kappa shape index (κ2) is 4.15. The minimum Gasteiger partial charge on any atom is -0.313 e. The monoisotopic (exact) mass is 212 g/mol. The fraction of sp³-hybridized carbons (Fsp3) is 0.500. The van der Waals surface area contributed by atoms with E-state index in [1.165, 1.54) is 12.8 Å². The number of H-pyrrole nitrogens is 1. The summed E-state index contributed by atoms with van der Waals surface area (Å²) in [5.74, 6) is 0. The second-order valence-corrected chi connectivity index (χ2v) is 4.00. The molecule has 0 aliphatic carbocycles. The van der Waals surface area contributed by atoms with Gasteiger partial charge in [0, 0.05) is 11.6 Å². The van der Waals surface area contributed by atoms with Crippen molar-refractivity contribution in [1.29, 1.82) is 0 Å².